The van der Waals surface area contributed by atoms with E-state index in [9.17, 15) is 18.4 Å². The maximum Gasteiger partial charge on any atom is 0.387 e. The van der Waals surface area contributed by atoms with Crippen molar-refractivity contribution in [1.29, 1.82) is 0 Å². The van der Waals surface area contributed by atoms with E-state index in [0.29, 0.717) is 5.02 Å². The Bertz CT molecular complexity index is 834. The number of halogens is 5. The number of carbonyl (C=O) groups is 2. The Morgan fingerprint density at radius 2 is 1.73 bits per heavy atom. The summed E-state index contributed by atoms with van der Waals surface area (Å²) in [6, 6.07) is 8.07. The Labute approximate surface area is 162 Å². The molecule has 0 saturated heterocycles. The lowest BCUT2D eigenvalue weighted by Crippen LogP contribution is -2.32. The lowest BCUT2D eigenvalue weighted by atomic mass is 10.2. The zero-order chi connectivity index (χ0) is 19.3. The Kier molecular flexibility index (Phi) is 7.02. The highest BCUT2D eigenvalue weighted by Crippen LogP contribution is 2.28. The summed E-state index contributed by atoms with van der Waals surface area (Å²) in [5, 5.41) is 5.29. The van der Waals surface area contributed by atoms with Crippen LogP contribution in [0.2, 0.25) is 15.1 Å². The highest BCUT2D eigenvalue weighted by atomic mass is 35.5. The molecule has 0 radical (unpaired) electrons. The topological polar surface area (TPSA) is 67.4 Å². The highest BCUT2D eigenvalue weighted by molar-refractivity contribution is 6.42. The average Bonchev–Trinajstić information content (AvgIpc) is 2.57. The van der Waals surface area contributed by atoms with Gasteiger partial charge in [-0.05, 0) is 36.4 Å². The standard InChI is InChI=1S/C16H11Cl3F2N2O3/c17-10-3-1-8(5-11(10)18)15(25)22-7-14(24)23-9-2-4-13(12(19)6-9)26-16(20)21/h1-6,16H,7H2,(H,22,25)(H,23,24). The van der Waals surface area contributed by atoms with Gasteiger partial charge in [-0.25, -0.2) is 0 Å². The van der Waals surface area contributed by atoms with E-state index in [4.69, 9.17) is 34.8 Å². The van der Waals surface area contributed by atoms with Crippen molar-refractivity contribution in [2.45, 2.75) is 6.61 Å². The Hall–Kier alpha value is -2.09. The fourth-order valence-corrected chi connectivity index (χ4v) is 2.40. The minimum atomic E-state index is -3.01. The summed E-state index contributed by atoms with van der Waals surface area (Å²) < 4.78 is 28.5. The number of carbonyl (C=O) groups excluding carboxylic acids is 2. The van der Waals surface area contributed by atoms with Crippen LogP contribution in [-0.4, -0.2) is 25.0 Å². The summed E-state index contributed by atoms with van der Waals surface area (Å²) in [6.45, 7) is -3.34. The summed E-state index contributed by atoms with van der Waals surface area (Å²) in [4.78, 5) is 23.8. The number of hydrogen-bond acceptors (Lipinski definition) is 3. The molecule has 0 spiro atoms. The van der Waals surface area contributed by atoms with Crippen molar-refractivity contribution in [2.75, 3.05) is 11.9 Å². The fourth-order valence-electron chi connectivity index (χ4n) is 1.88. The molecular weight excluding hydrogens is 413 g/mol. The molecule has 0 atom stereocenters. The van der Waals surface area contributed by atoms with Crippen LogP contribution in [0.25, 0.3) is 0 Å². The van der Waals surface area contributed by atoms with Crippen LogP contribution in [0.4, 0.5) is 14.5 Å². The van der Waals surface area contributed by atoms with Gasteiger partial charge in [0.25, 0.3) is 5.91 Å². The first-order valence-electron chi connectivity index (χ1n) is 7.03. The van der Waals surface area contributed by atoms with Crippen molar-refractivity contribution < 1.29 is 23.1 Å². The van der Waals surface area contributed by atoms with Gasteiger partial charge in [0.05, 0.1) is 21.6 Å². The van der Waals surface area contributed by atoms with E-state index in [2.05, 4.69) is 15.4 Å². The second-order valence-electron chi connectivity index (χ2n) is 4.88. The van der Waals surface area contributed by atoms with E-state index in [1.807, 2.05) is 0 Å². The molecule has 2 aromatic carbocycles. The summed E-state index contributed by atoms with van der Waals surface area (Å²) in [5.41, 5.74) is 0.495. The van der Waals surface area contributed by atoms with Gasteiger partial charge in [0.2, 0.25) is 5.91 Å². The van der Waals surface area contributed by atoms with Crippen LogP contribution in [0.5, 0.6) is 5.75 Å². The normalized spacial score (nSPS) is 10.5. The number of benzene rings is 2. The molecule has 0 heterocycles. The molecule has 5 nitrogen and oxygen atoms in total. The lowest BCUT2D eigenvalue weighted by molar-refractivity contribution is -0.115. The quantitative estimate of drug-likeness (QED) is 0.712. The second kappa shape index (κ2) is 9.02. The molecule has 2 rings (SSSR count). The summed E-state index contributed by atoms with van der Waals surface area (Å²) >= 11 is 17.4. The van der Waals surface area contributed by atoms with Gasteiger partial charge in [0.15, 0.2) is 0 Å². The van der Waals surface area contributed by atoms with Gasteiger partial charge in [-0.1, -0.05) is 34.8 Å². The summed E-state index contributed by atoms with van der Waals surface area (Å²) in [6.07, 6.45) is 0. The average molecular weight is 424 g/mol. The molecule has 0 fully saturated rings. The maximum absolute atomic E-state index is 12.2. The van der Waals surface area contributed by atoms with Gasteiger partial charge < -0.3 is 15.4 Å². The van der Waals surface area contributed by atoms with Crippen LogP contribution in [0, 0.1) is 0 Å². The fraction of sp³-hybridized carbons (Fsp3) is 0.125. The van der Waals surface area contributed by atoms with Crippen molar-refractivity contribution in [3.05, 3.63) is 57.0 Å². The SMILES string of the molecule is O=C(CNC(=O)c1ccc(Cl)c(Cl)c1)Nc1ccc(OC(F)F)c(Cl)c1. The van der Waals surface area contributed by atoms with Crippen LogP contribution in [0.15, 0.2) is 36.4 Å². The minimum absolute atomic E-state index is 0.0945. The molecule has 0 aliphatic heterocycles. The number of anilines is 1. The molecule has 0 aliphatic carbocycles. The molecule has 0 bridgehead atoms. The first kappa shape index (κ1) is 20.2. The predicted molar refractivity (Wildman–Crippen MR) is 95.5 cm³/mol. The molecule has 0 aliphatic rings. The lowest BCUT2D eigenvalue weighted by Gasteiger charge is -2.10. The Balaban J connectivity index is 1.91. The molecule has 10 heteroatoms. The van der Waals surface area contributed by atoms with Gasteiger partial charge in [0, 0.05) is 11.3 Å². The third kappa shape index (κ3) is 5.72. The zero-order valence-electron chi connectivity index (χ0n) is 12.9. The Morgan fingerprint density at radius 3 is 2.35 bits per heavy atom. The molecule has 0 unspecified atom stereocenters. The van der Waals surface area contributed by atoms with E-state index in [1.54, 1.807) is 0 Å². The third-order valence-corrected chi connectivity index (χ3v) is 4.06. The van der Waals surface area contributed by atoms with Crippen molar-refractivity contribution >= 4 is 52.3 Å². The smallest absolute Gasteiger partial charge is 0.387 e. The summed E-state index contributed by atoms with van der Waals surface area (Å²) in [5.74, 6) is -1.28. The van der Waals surface area contributed by atoms with E-state index >= 15 is 0 Å². The van der Waals surface area contributed by atoms with E-state index in [-0.39, 0.29) is 33.6 Å². The van der Waals surface area contributed by atoms with E-state index in [1.165, 1.54) is 36.4 Å². The van der Waals surface area contributed by atoms with Crippen molar-refractivity contribution in [1.82, 2.24) is 5.32 Å². The molecule has 2 amide bonds. The molecule has 0 aromatic heterocycles. The van der Waals surface area contributed by atoms with Crippen LogP contribution in [0.3, 0.4) is 0 Å². The maximum atomic E-state index is 12.2. The number of alkyl halides is 2. The number of rotatable bonds is 6. The number of hydrogen-bond donors (Lipinski definition) is 2. The van der Waals surface area contributed by atoms with Crippen LogP contribution < -0.4 is 15.4 Å². The van der Waals surface area contributed by atoms with Crippen molar-refractivity contribution in [3.63, 3.8) is 0 Å². The molecule has 2 aromatic rings. The molecule has 0 saturated carbocycles. The number of nitrogens with one attached hydrogen (secondary N) is 2. The Morgan fingerprint density at radius 1 is 1.00 bits per heavy atom. The van der Waals surface area contributed by atoms with Gasteiger partial charge >= 0.3 is 6.61 Å². The zero-order valence-corrected chi connectivity index (χ0v) is 15.1. The highest BCUT2D eigenvalue weighted by Gasteiger charge is 2.12. The number of amides is 2. The van der Waals surface area contributed by atoms with Gasteiger partial charge in [-0.3, -0.25) is 9.59 Å². The summed E-state index contributed by atoms with van der Waals surface area (Å²) in [7, 11) is 0. The van der Waals surface area contributed by atoms with E-state index < -0.39 is 18.4 Å². The van der Waals surface area contributed by atoms with E-state index in [0.717, 1.165) is 0 Å². The second-order valence-corrected chi connectivity index (χ2v) is 6.11. The molecule has 2 N–H and O–H groups in total. The van der Waals surface area contributed by atoms with Gasteiger partial charge in [-0.2, -0.15) is 8.78 Å². The molecule has 138 valence electrons. The minimum Gasteiger partial charge on any atom is -0.433 e. The first-order chi connectivity index (χ1) is 12.3. The first-order valence-corrected chi connectivity index (χ1v) is 8.17. The van der Waals surface area contributed by atoms with Crippen molar-refractivity contribution in [2.24, 2.45) is 0 Å². The monoisotopic (exact) mass is 422 g/mol. The number of ether oxygens (including phenoxy) is 1. The van der Waals surface area contributed by atoms with Crippen LogP contribution in [0.1, 0.15) is 10.4 Å². The van der Waals surface area contributed by atoms with Crippen LogP contribution in [-0.2, 0) is 4.79 Å². The van der Waals surface area contributed by atoms with Gasteiger partial charge in [0.1, 0.15) is 5.75 Å². The predicted octanol–water partition coefficient (Wildman–Crippen LogP) is 4.62. The molecular formula is C16H11Cl3F2N2O3. The third-order valence-electron chi connectivity index (χ3n) is 3.02. The van der Waals surface area contributed by atoms with Gasteiger partial charge in [-0.15, -0.1) is 0 Å². The van der Waals surface area contributed by atoms with Crippen molar-refractivity contribution in [3.8, 4) is 5.75 Å². The van der Waals surface area contributed by atoms with Crippen LogP contribution >= 0.6 is 34.8 Å². The molecule has 26 heavy (non-hydrogen) atoms. The largest absolute Gasteiger partial charge is 0.433 e.